The van der Waals surface area contributed by atoms with Crippen LogP contribution in [-0.2, 0) is 17.7 Å². The molecule has 1 amide bonds. The lowest BCUT2D eigenvalue weighted by atomic mass is 9.96. The first-order chi connectivity index (χ1) is 12.8. The Balaban J connectivity index is 1.59. The number of carbonyl (C=O) groups excluding carboxylic acids is 1. The zero-order chi connectivity index (χ0) is 17.8. The van der Waals surface area contributed by atoms with E-state index in [-0.39, 0.29) is 6.04 Å². The molecule has 4 rings (SSSR count). The highest BCUT2D eigenvalue weighted by atomic mass is 16.7. The first-order valence-corrected chi connectivity index (χ1v) is 9.53. The van der Waals surface area contributed by atoms with E-state index in [0.717, 1.165) is 42.5 Å². The van der Waals surface area contributed by atoms with Gasteiger partial charge in [-0.05, 0) is 36.8 Å². The molecule has 0 aromatic heterocycles. The van der Waals surface area contributed by atoms with Gasteiger partial charge >= 0.3 is 6.09 Å². The molecule has 0 heterocycles. The molecule has 4 heteroatoms. The molecule has 2 aliphatic carbocycles. The van der Waals surface area contributed by atoms with Crippen LogP contribution in [0.5, 0.6) is 0 Å². The number of aryl methyl sites for hydroxylation is 2. The van der Waals surface area contributed by atoms with Crippen LogP contribution in [0.3, 0.4) is 0 Å². The summed E-state index contributed by atoms with van der Waals surface area (Å²) in [5.74, 6) is 0. The number of oxime groups is 1. The third-order valence-electron chi connectivity index (χ3n) is 5.36. The fourth-order valence-electron chi connectivity index (χ4n) is 3.98. The highest BCUT2D eigenvalue weighted by molar-refractivity contribution is 6.14. The molecular weight excluding hydrogens is 324 g/mol. The maximum absolute atomic E-state index is 12.2. The second-order valence-corrected chi connectivity index (χ2v) is 7.11. The van der Waals surface area contributed by atoms with Crippen molar-refractivity contribution in [2.75, 3.05) is 0 Å². The van der Waals surface area contributed by atoms with E-state index < -0.39 is 6.09 Å². The fourth-order valence-corrected chi connectivity index (χ4v) is 3.98. The van der Waals surface area contributed by atoms with Crippen molar-refractivity contribution in [2.24, 2.45) is 5.16 Å². The number of nitrogens with zero attached hydrogens (tertiary/aromatic N) is 1. The predicted octanol–water partition coefficient (Wildman–Crippen LogP) is 4.60. The third-order valence-corrected chi connectivity index (χ3v) is 5.36. The second-order valence-electron chi connectivity index (χ2n) is 7.11. The lowest BCUT2D eigenvalue weighted by molar-refractivity contribution is 0.143. The van der Waals surface area contributed by atoms with Crippen LogP contribution in [-0.4, -0.2) is 17.8 Å². The van der Waals surface area contributed by atoms with E-state index in [4.69, 9.17) is 4.84 Å². The highest BCUT2D eigenvalue weighted by Gasteiger charge is 2.21. The first kappa shape index (κ1) is 16.8. The minimum absolute atomic E-state index is 0.213. The number of hydrogen-bond acceptors (Lipinski definition) is 3. The molecular formula is C22H24N2O2. The normalized spacial score (nSPS) is 16.8. The minimum Gasteiger partial charge on any atom is -0.317 e. The van der Waals surface area contributed by atoms with E-state index in [9.17, 15) is 4.79 Å². The summed E-state index contributed by atoms with van der Waals surface area (Å²) < 4.78 is 0. The van der Waals surface area contributed by atoms with Crippen molar-refractivity contribution in [3.05, 3.63) is 70.8 Å². The average Bonchev–Trinajstić information content (AvgIpc) is 2.84. The van der Waals surface area contributed by atoms with Crippen LogP contribution in [0.1, 0.15) is 54.4 Å². The van der Waals surface area contributed by atoms with Gasteiger partial charge in [-0.15, -0.1) is 0 Å². The van der Waals surface area contributed by atoms with Gasteiger partial charge in [-0.3, -0.25) is 4.84 Å². The molecule has 0 spiro atoms. The van der Waals surface area contributed by atoms with Gasteiger partial charge in [0.05, 0.1) is 0 Å². The Morgan fingerprint density at radius 2 is 1.46 bits per heavy atom. The Morgan fingerprint density at radius 1 is 0.885 bits per heavy atom. The summed E-state index contributed by atoms with van der Waals surface area (Å²) >= 11 is 0. The Morgan fingerprint density at radius 3 is 2.08 bits per heavy atom. The minimum atomic E-state index is -0.455. The molecule has 2 aliphatic rings. The summed E-state index contributed by atoms with van der Waals surface area (Å²) in [6.07, 6.45) is 7.10. The molecule has 4 nitrogen and oxygen atoms in total. The standard InChI is InChI=1S/C22H24N2O2/c25-22(23-18-10-2-1-3-11-18)26-24-21-19-12-6-4-8-16(19)14-15-17-9-5-7-13-20(17)21/h4-9,12-13,18H,1-3,10-11,14-15H2,(H,23,25). The van der Waals surface area contributed by atoms with Gasteiger partial charge in [-0.2, -0.15) is 0 Å². The maximum Gasteiger partial charge on any atom is 0.433 e. The predicted molar refractivity (Wildman–Crippen MR) is 102 cm³/mol. The molecule has 0 aliphatic heterocycles. The van der Waals surface area contributed by atoms with Crippen LogP contribution in [0.15, 0.2) is 53.7 Å². The third kappa shape index (κ3) is 3.64. The van der Waals surface area contributed by atoms with Crippen molar-refractivity contribution < 1.29 is 9.63 Å². The largest absolute Gasteiger partial charge is 0.433 e. The smallest absolute Gasteiger partial charge is 0.317 e. The summed E-state index contributed by atoms with van der Waals surface area (Å²) in [6, 6.07) is 16.7. The van der Waals surface area contributed by atoms with Gasteiger partial charge in [-0.25, -0.2) is 4.79 Å². The molecule has 0 atom stereocenters. The summed E-state index contributed by atoms with van der Waals surface area (Å²) in [4.78, 5) is 17.5. The Labute approximate surface area is 154 Å². The molecule has 0 radical (unpaired) electrons. The Hall–Kier alpha value is -2.62. The molecule has 0 saturated heterocycles. The van der Waals surface area contributed by atoms with E-state index in [1.807, 2.05) is 24.3 Å². The number of rotatable bonds is 2. The van der Waals surface area contributed by atoms with E-state index in [2.05, 4.69) is 34.7 Å². The molecule has 2 aromatic carbocycles. The number of amides is 1. The van der Waals surface area contributed by atoms with Crippen LogP contribution in [0.4, 0.5) is 4.79 Å². The lowest BCUT2D eigenvalue weighted by Crippen LogP contribution is -2.36. The molecule has 1 saturated carbocycles. The van der Waals surface area contributed by atoms with Crippen molar-refractivity contribution in [3.8, 4) is 0 Å². The van der Waals surface area contributed by atoms with Crippen molar-refractivity contribution in [3.63, 3.8) is 0 Å². The second kappa shape index (κ2) is 7.73. The number of nitrogens with one attached hydrogen (secondary N) is 1. The quantitative estimate of drug-likeness (QED) is 0.637. The Bertz CT molecular complexity index is 773. The molecule has 0 unspecified atom stereocenters. The van der Waals surface area contributed by atoms with Gasteiger partial charge in [-0.1, -0.05) is 72.9 Å². The lowest BCUT2D eigenvalue weighted by Gasteiger charge is -2.21. The van der Waals surface area contributed by atoms with Gasteiger partial charge < -0.3 is 5.32 Å². The SMILES string of the molecule is O=C(NC1CCCCC1)ON=C1c2ccccc2CCc2ccccc21. The summed E-state index contributed by atoms with van der Waals surface area (Å²) in [7, 11) is 0. The molecule has 2 aromatic rings. The number of benzene rings is 2. The zero-order valence-electron chi connectivity index (χ0n) is 14.9. The Kier molecular flexibility index (Phi) is 5.00. The van der Waals surface area contributed by atoms with Gasteiger partial charge in [0.2, 0.25) is 0 Å². The topological polar surface area (TPSA) is 50.7 Å². The van der Waals surface area contributed by atoms with Crippen LogP contribution >= 0.6 is 0 Å². The molecule has 1 fully saturated rings. The van der Waals surface area contributed by atoms with Crippen molar-refractivity contribution in [1.29, 1.82) is 0 Å². The van der Waals surface area contributed by atoms with Crippen LogP contribution in [0, 0.1) is 0 Å². The van der Waals surface area contributed by atoms with Crippen LogP contribution in [0.2, 0.25) is 0 Å². The van der Waals surface area contributed by atoms with Crippen molar-refractivity contribution in [2.45, 2.75) is 51.0 Å². The van der Waals surface area contributed by atoms with Crippen molar-refractivity contribution >= 4 is 11.8 Å². The van der Waals surface area contributed by atoms with Gasteiger partial charge in [0.1, 0.15) is 5.71 Å². The molecule has 134 valence electrons. The summed E-state index contributed by atoms with van der Waals surface area (Å²) in [6.45, 7) is 0. The number of fused-ring (bicyclic) bond motifs is 2. The van der Waals surface area contributed by atoms with Crippen LogP contribution in [0.25, 0.3) is 0 Å². The van der Waals surface area contributed by atoms with Gasteiger partial charge in [0, 0.05) is 17.2 Å². The fraction of sp³-hybridized carbons (Fsp3) is 0.364. The summed E-state index contributed by atoms with van der Waals surface area (Å²) in [5, 5.41) is 7.25. The molecule has 0 bridgehead atoms. The summed E-state index contributed by atoms with van der Waals surface area (Å²) in [5.41, 5.74) is 5.30. The van der Waals surface area contributed by atoms with E-state index >= 15 is 0 Å². The maximum atomic E-state index is 12.2. The van der Waals surface area contributed by atoms with Gasteiger partial charge in [0.25, 0.3) is 0 Å². The number of carbonyl (C=O) groups is 1. The molecule has 1 N–H and O–H groups in total. The molecule has 26 heavy (non-hydrogen) atoms. The monoisotopic (exact) mass is 348 g/mol. The highest BCUT2D eigenvalue weighted by Crippen LogP contribution is 2.25. The van der Waals surface area contributed by atoms with Gasteiger partial charge in [0.15, 0.2) is 0 Å². The first-order valence-electron chi connectivity index (χ1n) is 9.53. The van der Waals surface area contributed by atoms with E-state index in [1.54, 1.807) is 0 Å². The van der Waals surface area contributed by atoms with Crippen LogP contribution < -0.4 is 5.32 Å². The average molecular weight is 348 g/mol. The van der Waals surface area contributed by atoms with Crippen molar-refractivity contribution in [1.82, 2.24) is 5.32 Å². The number of hydrogen-bond donors (Lipinski definition) is 1. The van der Waals surface area contributed by atoms with E-state index in [0.29, 0.717) is 0 Å². The van der Waals surface area contributed by atoms with E-state index in [1.165, 1.54) is 30.4 Å². The zero-order valence-corrected chi connectivity index (χ0v) is 14.9.